The molecule has 2 aliphatic heterocycles. The zero-order valence-corrected chi connectivity index (χ0v) is 27.9. The molecule has 9 heteroatoms. The Balaban J connectivity index is 1.22. The number of hydrogen-bond donors (Lipinski definition) is 3. The molecule has 3 atom stereocenters. The second kappa shape index (κ2) is 15.7. The molecular formula is C39H45N3O6. The van der Waals surface area contributed by atoms with Gasteiger partial charge in [0, 0.05) is 44.7 Å². The van der Waals surface area contributed by atoms with E-state index < -0.39 is 6.29 Å². The summed E-state index contributed by atoms with van der Waals surface area (Å²) in [6.45, 7) is 5.40. The van der Waals surface area contributed by atoms with Crippen molar-refractivity contribution in [2.45, 2.75) is 58.0 Å². The third kappa shape index (κ3) is 7.99. The van der Waals surface area contributed by atoms with Crippen LogP contribution in [0.25, 0.3) is 11.1 Å². The predicted octanol–water partition coefficient (Wildman–Crippen LogP) is 6.29. The lowest BCUT2D eigenvalue weighted by Crippen LogP contribution is -2.41. The molecule has 0 aromatic heterocycles. The molecule has 3 N–H and O–H groups in total. The van der Waals surface area contributed by atoms with E-state index in [0.717, 1.165) is 70.9 Å². The minimum absolute atomic E-state index is 0.00322. The fraction of sp³-hybridized carbons (Fsp3) is 0.359. The standard InChI is InChI=1S/C39H45N3O6/c1-4-40-39(44)41-22-27-7-5-8-29(17-27)30-9-6-10-32(18-30)38-47-34(21-35(48-38)28-13-11-26(25-43)12-14-28)24-42-16-15-31-19-36(45-2)37(46-3)20-33(31)23-42/h5-14,17-20,34-35,38,43H,4,15-16,21-25H2,1-3H3,(H2,40,41,44). The number of carbonyl (C=O) groups is 1. The van der Waals surface area contributed by atoms with E-state index in [1.165, 1.54) is 11.1 Å². The van der Waals surface area contributed by atoms with E-state index in [1.807, 2.05) is 49.4 Å². The van der Waals surface area contributed by atoms with Gasteiger partial charge in [-0.15, -0.1) is 0 Å². The van der Waals surface area contributed by atoms with Crippen molar-refractivity contribution < 1.29 is 28.8 Å². The number of methoxy groups -OCH3 is 2. The topological polar surface area (TPSA) is 102 Å². The SMILES string of the molecule is CCNC(=O)NCc1cccc(-c2cccc(C3OC(CN4CCc5cc(OC)c(OC)cc5C4)CC(c4ccc(CO)cc4)O3)c2)c1. The molecule has 1 fully saturated rings. The van der Waals surface area contributed by atoms with E-state index >= 15 is 0 Å². The zero-order chi connectivity index (χ0) is 33.5. The van der Waals surface area contributed by atoms with Crippen LogP contribution in [-0.4, -0.2) is 56.0 Å². The van der Waals surface area contributed by atoms with Crippen LogP contribution in [0, 0.1) is 0 Å². The van der Waals surface area contributed by atoms with Gasteiger partial charge in [0.1, 0.15) is 0 Å². The molecule has 3 unspecified atom stereocenters. The Kier molecular flexibility index (Phi) is 10.9. The zero-order valence-electron chi connectivity index (χ0n) is 27.9. The highest BCUT2D eigenvalue weighted by atomic mass is 16.7. The van der Waals surface area contributed by atoms with Crippen molar-refractivity contribution >= 4 is 6.03 Å². The molecule has 6 rings (SSSR count). The van der Waals surface area contributed by atoms with Crippen molar-refractivity contribution in [1.82, 2.24) is 15.5 Å². The van der Waals surface area contributed by atoms with Crippen molar-refractivity contribution in [3.05, 3.63) is 118 Å². The van der Waals surface area contributed by atoms with E-state index in [0.29, 0.717) is 19.5 Å². The van der Waals surface area contributed by atoms with Crippen molar-refractivity contribution in [3.63, 3.8) is 0 Å². The molecule has 0 saturated carbocycles. The van der Waals surface area contributed by atoms with Crippen LogP contribution >= 0.6 is 0 Å². The lowest BCUT2D eigenvalue weighted by molar-refractivity contribution is -0.253. The number of hydrogen-bond acceptors (Lipinski definition) is 7. The monoisotopic (exact) mass is 651 g/mol. The molecular weight excluding hydrogens is 606 g/mol. The molecule has 2 heterocycles. The van der Waals surface area contributed by atoms with Gasteiger partial charge >= 0.3 is 6.03 Å². The second-order valence-corrected chi connectivity index (χ2v) is 12.4. The Bertz CT molecular complexity index is 1690. The summed E-state index contributed by atoms with van der Waals surface area (Å²) >= 11 is 0. The summed E-state index contributed by atoms with van der Waals surface area (Å²) in [7, 11) is 3.35. The normalized spacial score (nSPS) is 19.3. The Morgan fingerprint density at radius 3 is 2.31 bits per heavy atom. The van der Waals surface area contributed by atoms with Gasteiger partial charge in [0.25, 0.3) is 0 Å². The maximum Gasteiger partial charge on any atom is 0.315 e. The van der Waals surface area contributed by atoms with Gasteiger partial charge in [-0.05, 0) is 76.6 Å². The molecule has 0 aliphatic carbocycles. The van der Waals surface area contributed by atoms with Crippen LogP contribution in [-0.2, 0) is 35.6 Å². The van der Waals surface area contributed by atoms with Crippen molar-refractivity contribution in [3.8, 4) is 22.6 Å². The number of aliphatic hydroxyl groups excluding tert-OH is 1. The van der Waals surface area contributed by atoms with E-state index in [9.17, 15) is 9.90 Å². The Morgan fingerprint density at radius 1 is 0.854 bits per heavy atom. The maximum absolute atomic E-state index is 11.9. The van der Waals surface area contributed by atoms with Crippen LogP contribution in [0.1, 0.15) is 59.1 Å². The summed E-state index contributed by atoms with van der Waals surface area (Å²) in [4.78, 5) is 14.4. The van der Waals surface area contributed by atoms with Gasteiger partial charge in [0.05, 0.1) is 33.0 Å². The first-order valence-corrected chi connectivity index (χ1v) is 16.6. The van der Waals surface area contributed by atoms with Crippen molar-refractivity contribution in [2.24, 2.45) is 0 Å². The number of carbonyl (C=O) groups excluding carboxylic acids is 1. The van der Waals surface area contributed by atoms with Gasteiger partial charge in [0.15, 0.2) is 17.8 Å². The van der Waals surface area contributed by atoms with Gasteiger partial charge in [-0.2, -0.15) is 0 Å². The first kappa shape index (κ1) is 33.5. The van der Waals surface area contributed by atoms with Crippen LogP contribution in [0.3, 0.4) is 0 Å². The van der Waals surface area contributed by atoms with Gasteiger partial charge in [-0.3, -0.25) is 4.90 Å². The fourth-order valence-corrected chi connectivity index (χ4v) is 6.55. The first-order valence-electron chi connectivity index (χ1n) is 16.6. The van der Waals surface area contributed by atoms with Gasteiger partial charge in [-0.1, -0.05) is 60.7 Å². The Hall–Kier alpha value is -4.41. The summed E-state index contributed by atoms with van der Waals surface area (Å²) in [6.07, 6.45) is 0.838. The van der Waals surface area contributed by atoms with Gasteiger partial charge in [0.2, 0.25) is 0 Å². The Morgan fingerprint density at radius 2 is 1.58 bits per heavy atom. The molecule has 252 valence electrons. The number of aliphatic hydroxyl groups is 1. The highest BCUT2D eigenvalue weighted by Gasteiger charge is 2.34. The summed E-state index contributed by atoms with van der Waals surface area (Å²) in [5.74, 6) is 1.51. The number of nitrogens with one attached hydrogen (secondary N) is 2. The summed E-state index contributed by atoms with van der Waals surface area (Å²) in [6, 6.07) is 28.5. The quantitative estimate of drug-likeness (QED) is 0.175. The Labute approximate surface area is 282 Å². The number of fused-ring (bicyclic) bond motifs is 1. The largest absolute Gasteiger partial charge is 0.493 e. The molecule has 0 bridgehead atoms. The third-order valence-electron chi connectivity index (χ3n) is 9.08. The summed E-state index contributed by atoms with van der Waals surface area (Å²) < 4.78 is 24.5. The summed E-state index contributed by atoms with van der Waals surface area (Å²) in [5, 5.41) is 15.3. The molecule has 1 saturated heterocycles. The lowest BCUT2D eigenvalue weighted by atomic mass is 9.96. The number of ether oxygens (including phenoxy) is 4. The highest BCUT2D eigenvalue weighted by molar-refractivity contribution is 5.74. The average molecular weight is 652 g/mol. The van der Waals surface area contributed by atoms with Crippen molar-refractivity contribution in [1.29, 1.82) is 0 Å². The highest BCUT2D eigenvalue weighted by Crippen LogP contribution is 2.40. The first-order chi connectivity index (χ1) is 23.5. The molecule has 0 radical (unpaired) electrons. The second-order valence-electron chi connectivity index (χ2n) is 12.4. The maximum atomic E-state index is 11.9. The van der Waals surface area contributed by atoms with Crippen LogP contribution in [0.4, 0.5) is 4.79 Å². The van der Waals surface area contributed by atoms with Gasteiger partial charge in [-0.25, -0.2) is 4.79 Å². The minimum atomic E-state index is -0.560. The molecule has 2 amide bonds. The number of nitrogens with zero attached hydrogens (tertiary/aromatic N) is 1. The van der Waals surface area contributed by atoms with Crippen LogP contribution in [0.2, 0.25) is 0 Å². The van der Waals surface area contributed by atoms with E-state index in [2.05, 4.69) is 58.0 Å². The van der Waals surface area contributed by atoms with Gasteiger partial charge < -0.3 is 34.7 Å². The molecule has 0 spiro atoms. The average Bonchev–Trinajstić information content (AvgIpc) is 3.13. The number of benzene rings is 4. The van der Waals surface area contributed by atoms with Crippen molar-refractivity contribution in [2.75, 3.05) is 33.9 Å². The lowest BCUT2D eigenvalue weighted by Gasteiger charge is -2.39. The van der Waals surface area contributed by atoms with Crippen LogP contribution in [0.5, 0.6) is 11.5 Å². The van der Waals surface area contributed by atoms with E-state index in [1.54, 1.807) is 14.2 Å². The van der Waals surface area contributed by atoms with E-state index in [-0.39, 0.29) is 24.8 Å². The van der Waals surface area contributed by atoms with Crippen LogP contribution in [0.15, 0.2) is 84.9 Å². The predicted molar refractivity (Wildman–Crippen MR) is 185 cm³/mol. The molecule has 4 aromatic rings. The summed E-state index contributed by atoms with van der Waals surface area (Å²) in [5.41, 5.74) is 8.52. The molecule has 48 heavy (non-hydrogen) atoms. The molecule has 4 aromatic carbocycles. The van der Waals surface area contributed by atoms with E-state index in [4.69, 9.17) is 18.9 Å². The number of urea groups is 1. The fourth-order valence-electron chi connectivity index (χ4n) is 6.55. The van der Waals surface area contributed by atoms with Crippen LogP contribution < -0.4 is 20.1 Å². The molecule has 2 aliphatic rings. The third-order valence-corrected chi connectivity index (χ3v) is 9.08. The minimum Gasteiger partial charge on any atom is -0.493 e. The number of rotatable bonds is 11. The number of amides is 2. The molecule has 9 nitrogen and oxygen atoms in total. The smallest absolute Gasteiger partial charge is 0.315 e.